The number of fused-ring (bicyclic) bond motifs is 3. The van der Waals surface area contributed by atoms with Crippen molar-refractivity contribution in [3.05, 3.63) is 65.5 Å². The normalized spacial score (nSPS) is 24.9. The second kappa shape index (κ2) is 5.05. The Balaban J connectivity index is 1.77. The van der Waals surface area contributed by atoms with Gasteiger partial charge in [0.1, 0.15) is 5.75 Å². The van der Waals surface area contributed by atoms with Gasteiger partial charge in [-0.25, -0.2) is 0 Å². The summed E-state index contributed by atoms with van der Waals surface area (Å²) in [6, 6.07) is 6.23. The molecule has 1 fully saturated rings. The monoisotopic (exact) mass is 294 g/mol. The van der Waals surface area contributed by atoms with Crippen molar-refractivity contribution >= 4 is 5.91 Å². The van der Waals surface area contributed by atoms with Gasteiger partial charge in [-0.05, 0) is 41.5 Å². The van der Waals surface area contributed by atoms with E-state index in [1.165, 1.54) is 0 Å². The van der Waals surface area contributed by atoms with Crippen LogP contribution in [0.15, 0.2) is 54.4 Å². The van der Waals surface area contributed by atoms with Crippen LogP contribution in [0.4, 0.5) is 0 Å². The summed E-state index contributed by atoms with van der Waals surface area (Å²) >= 11 is 0. The van der Waals surface area contributed by atoms with E-state index in [2.05, 4.69) is 23.3 Å². The van der Waals surface area contributed by atoms with Gasteiger partial charge in [0.05, 0.1) is 19.6 Å². The highest BCUT2D eigenvalue weighted by molar-refractivity contribution is 5.82. The quantitative estimate of drug-likeness (QED) is 0.745. The molecule has 3 aliphatic heterocycles. The highest BCUT2D eigenvalue weighted by Crippen LogP contribution is 2.29. The fourth-order valence-corrected chi connectivity index (χ4v) is 3.06. The zero-order valence-corrected chi connectivity index (χ0v) is 12.5. The SMILES string of the molecule is COc1ccc2c(c1)CN1C=CC=C/C1=C\C1CN1C(=O)C2. The molecule has 0 radical (unpaired) electrons. The second-order valence-corrected chi connectivity index (χ2v) is 5.84. The number of nitrogens with zero attached hydrogens (tertiary/aromatic N) is 2. The van der Waals surface area contributed by atoms with Crippen LogP contribution in [-0.2, 0) is 17.8 Å². The molecule has 3 aliphatic rings. The summed E-state index contributed by atoms with van der Waals surface area (Å²) in [5, 5.41) is 0. The molecule has 1 saturated heterocycles. The molecule has 0 saturated carbocycles. The molecule has 1 unspecified atom stereocenters. The van der Waals surface area contributed by atoms with Crippen LogP contribution in [0.5, 0.6) is 5.75 Å². The van der Waals surface area contributed by atoms with Gasteiger partial charge in [0, 0.05) is 25.0 Å². The second-order valence-electron chi connectivity index (χ2n) is 5.84. The number of allylic oxidation sites excluding steroid dienone is 3. The van der Waals surface area contributed by atoms with Gasteiger partial charge in [-0.2, -0.15) is 0 Å². The molecule has 4 heteroatoms. The highest BCUT2D eigenvalue weighted by atomic mass is 16.5. The molecule has 1 aromatic carbocycles. The van der Waals surface area contributed by atoms with E-state index in [9.17, 15) is 4.79 Å². The smallest absolute Gasteiger partial charge is 0.227 e. The van der Waals surface area contributed by atoms with Crippen LogP contribution >= 0.6 is 0 Å². The van der Waals surface area contributed by atoms with E-state index in [1.54, 1.807) is 7.11 Å². The lowest BCUT2D eigenvalue weighted by Gasteiger charge is -2.26. The molecule has 0 aliphatic carbocycles. The number of carbonyl (C=O) groups excluding carboxylic acids is 1. The third-order valence-corrected chi connectivity index (χ3v) is 4.41. The van der Waals surface area contributed by atoms with Crippen LogP contribution in [0, 0.1) is 0 Å². The summed E-state index contributed by atoms with van der Waals surface area (Å²) in [5.41, 5.74) is 3.37. The molecule has 1 aromatic rings. The van der Waals surface area contributed by atoms with Crippen LogP contribution < -0.4 is 4.74 Å². The number of amides is 1. The molecule has 0 N–H and O–H groups in total. The first-order chi connectivity index (χ1) is 10.7. The van der Waals surface area contributed by atoms with Crippen molar-refractivity contribution in [3.63, 3.8) is 0 Å². The van der Waals surface area contributed by atoms with Gasteiger partial charge < -0.3 is 14.5 Å². The lowest BCUT2D eigenvalue weighted by Crippen LogP contribution is -2.23. The first-order valence-electron chi connectivity index (χ1n) is 7.53. The van der Waals surface area contributed by atoms with Crippen molar-refractivity contribution in [1.82, 2.24) is 9.80 Å². The molecular weight excluding hydrogens is 276 g/mol. The molecule has 0 spiro atoms. The Morgan fingerprint density at radius 1 is 1.23 bits per heavy atom. The number of ether oxygens (including phenoxy) is 1. The average Bonchev–Trinajstić information content (AvgIpc) is 3.30. The largest absolute Gasteiger partial charge is 0.497 e. The van der Waals surface area contributed by atoms with Gasteiger partial charge in [0.25, 0.3) is 0 Å². The van der Waals surface area contributed by atoms with E-state index in [-0.39, 0.29) is 11.9 Å². The predicted octanol–water partition coefficient (Wildman–Crippen LogP) is 2.23. The van der Waals surface area contributed by atoms with E-state index in [4.69, 9.17) is 4.74 Å². The standard InChI is InChI=1S/C18H18N2O2/c1-22-17-6-5-13-9-18(21)20-12-16(20)10-15-4-2-3-7-19(15)11-14(13)8-17/h2-8,10,16H,9,11-12H2,1H3/b15-10+. The van der Waals surface area contributed by atoms with Crippen LogP contribution in [0.3, 0.4) is 0 Å². The Kier molecular flexibility index (Phi) is 3.03. The minimum atomic E-state index is 0.206. The number of hydrogen-bond donors (Lipinski definition) is 0. The Labute approximate surface area is 130 Å². The minimum absolute atomic E-state index is 0.206. The Morgan fingerprint density at radius 3 is 3.00 bits per heavy atom. The molecule has 3 heterocycles. The lowest BCUT2D eigenvalue weighted by atomic mass is 10.0. The third kappa shape index (κ3) is 2.30. The maximum Gasteiger partial charge on any atom is 0.227 e. The van der Waals surface area contributed by atoms with Crippen molar-refractivity contribution in [3.8, 4) is 5.75 Å². The number of carbonyl (C=O) groups is 1. The van der Waals surface area contributed by atoms with Crippen LogP contribution in [0.2, 0.25) is 0 Å². The van der Waals surface area contributed by atoms with Crippen molar-refractivity contribution in [2.45, 2.75) is 19.0 Å². The summed E-state index contributed by atoms with van der Waals surface area (Å²) < 4.78 is 5.34. The topological polar surface area (TPSA) is 32.5 Å². The molecular formula is C18H18N2O2. The summed E-state index contributed by atoms with van der Waals surface area (Å²) in [6.07, 6.45) is 10.9. The van der Waals surface area contributed by atoms with Crippen LogP contribution in [0.25, 0.3) is 0 Å². The number of methoxy groups -OCH3 is 1. The summed E-state index contributed by atoms with van der Waals surface area (Å²) in [6.45, 7) is 1.58. The van der Waals surface area contributed by atoms with Crippen molar-refractivity contribution < 1.29 is 9.53 Å². The Morgan fingerprint density at radius 2 is 2.14 bits per heavy atom. The molecule has 4 nitrogen and oxygen atoms in total. The van der Waals surface area contributed by atoms with Crippen molar-refractivity contribution in [2.75, 3.05) is 13.7 Å². The van der Waals surface area contributed by atoms with Crippen LogP contribution in [0.1, 0.15) is 11.1 Å². The molecule has 1 atom stereocenters. The van der Waals surface area contributed by atoms with E-state index >= 15 is 0 Å². The fourth-order valence-electron chi connectivity index (χ4n) is 3.06. The molecule has 4 rings (SSSR count). The number of hydrogen-bond acceptors (Lipinski definition) is 3. The number of benzene rings is 1. The summed E-state index contributed by atoms with van der Waals surface area (Å²) in [4.78, 5) is 16.5. The average molecular weight is 294 g/mol. The van der Waals surface area contributed by atoms with Gasteiger partial charge >= 0.3 is 0 Å². The van der Waals surface area contributed by atoms with Gasteiger partial charge in [0.15, 0.2) is 0 Å². The van der Waals surface area contributed by atoms with Crippen molar-refractivity contribution in [2.24, 2.45) is 0 Å². The first-order valence-corrected chi connectivity index (χ1v) is 7.53. The predicted molar refractivity (Wildman–Crippen MR) is 84.1 cm³/mol. The Hall–Kier alpha value is -2.49. The van der Waals surface area contributed by atoms with E-state index in [0.717, 1.165) is 35.7 Å². The van der Waals surface area contributed by atoms with E-state index in [1.807, 2.05) is 35.3 Å². The number of rotatable bonds is 1. The maximum atomic E-state index is 12.4. The van der Waals surface area contributed by atoms with Gasteiger partial charge in [-0.1, -0.05) is 12.1 Å². The maximum absolute atomic E-state index is 12.4. The van der Waals surface area contributed by atoms with Gasteiger partial charge in [0.2, 0.25) is 5.91 Å². The van der Waals surface area contributed by atoms with E-state index in [0.29, 0.717) is 6.42 Å². The molecule has 0 bridgehead atoms. The molecule has 1 amide bonds. The third-order valence-electron chi connectivity index (χ3n) is 4.41. The molecule has 0 aromatic heterocycles. The Bertz CT molecular complexity index is 718. The highest BCUT2D eigenvalue weighted by Gasteiger charge is 2.37. The van der Waals surface area contributed by atoms with Crippen LogP contribution in [-0.4, -0.2) is 35.4 Å². The van der Waals surface area contributed by atoms with Gasteiger partial charge in [-0.15, -0.1) is 0 Å². The minimum Gasteiger partial charge on any atom is -0.497 e. The summed E-state index contributed by atoms with van der Waals surface area (Å²) in [7, 11) is 1.67. The van der Waals surface area contributed by atoms with E-state index < -0.39 is 0 Å². The van der Waals surface area contributed by atoms with Crippen molar-refractivity contribution in [1.29, 1.82) is 0 Å². The van der Waals surface area contributed by atoms with Gasteiger partial charge in [-0.3, -0.25) is 4.79 Å². The summed E-state index contributed by atoms with van der Waals surface area (Å²) in [5.74, 6) is 1.03. The zero-order chi connectivity index (χ0) is 15.1. The first kappa shape index (κ1) is 13.2. The lowest BCUT2D eigenvalue weighted by molar-refractivity contribution is -0.125. The fraction of sp³-hybridized carbons (Fsp3) is 0.278. The zero-order valence-electron chi connectivity index (χ0n) is 12.5. The molecule has 22 heavy (non-hydrogen) atoms. The molecule has 112 valence electrons.